The number of imidazole rings is 1. The summed E-state index contributed by atoms with van der Waals surface area (Å²) in [5.41, 5.74) is 0. The van der Waals surface area contributed by atoms with Crippen molar-refractivity contribution < 1.29 is 4.57 Å². The number of hydrogen-bond donors (Lipinski definition) is 1. The van der Waals surface area contributed by atoms with E-state index in [0.29, 0.717) is 12.0 Å². The molecule has 2 atom stereocenters. The monoisotopic (exact) mass is 504 g/mol. The molecule has 212 valence electrons. The van der Waals surface area contributed by atoms with E-state index in [9.17, 15) is 0 Å². The normalized spacial score (nSPS) is 13.3. The number of H-pyrrole nitrogens is 1. The van der Waals surface area contributed by atoms with Gasteiger partial charge in [0.2, 0.25) is 0 Å². The first-order chi connectivity index (χ1) is 17.7. The summed E-state index contributed by atoms with van der Waals surface area (Å²) in [5, 5.41) is 0. The van der Waals surface area contributed by atoms with Gasteiger partial charge in [-0.1, -0.05) is 162 Å². The highest BCUT2D eigenvalue weighted by Crippen LogP contribution is 2.27. The molecule has 0 bridgehead atoms. The molecule has 0 saturated carbocycles. The van der Waals surface area contributed by atoms with Gasteiger partial charge in [-0.05, 0) is 26.2 Å². The second-order valence-corrected chi connectivity index (χ2v) is 11.9. The van der Waals surface area contributed by atoms with Gasteiger partial charge in [-0.2, -0.15) is 0 Å². The lowest BCUT2D eigenvalue weighted by Crippen LogP contribution is -2.41. The molecule has 0 spiro atoms. The Bertz CT molecular complexity index is 563. The van der Waals surface area contributed by atoms with Gasteiger partial charge < -0.3 is 0 Å². The van der Waals surface area contributed by atoms with Crippen LogP contribution in [0.4, 0.5) is 0 Å². The standard InChI is InChI=1S/C34H66N2/c1-5-8-10-12-14-15-16-17-18-19-20-21-22-24-26-29-33(28-25-23-13-11-9-6-2)34-35-30-31-36(34)32(4)27-7-3/h30-33H,5-29H2,1-4H3/p+1. The lowest BCUT2D eigenvalue weighted by molar-refractivity contribution is -0.727. The minimum atomic E-state index is 0.615. The minimum Gasteiger partial charge on any atom is -0.247 e. The molecule has 1 N–H and O–H groups in total. The number of rotatable bonds is 27. The van der Waals surface area contributed by atoms with E-state index < -0.39 is 0 Å². The number of hydrogen-bond acceptors (Lipinski definition) is 0. The van der Waals surface area contributed by atoms with E-state index in [1.807, 2.05) is 0 Å². The molecular weight excluding hydrogens is 436 g/mol. The molecule has 0 aliphatic rings. The molecule has 2 unspecified atom stereocenters. The fourth-order valence-electron chi connectivity index (χ4n) is 5.98. The fraction of sp³-hybridized carbons (Fsp3) is 0.912. The first-order valence-electron chi connectivity index (χ1n) is 16.8. The van der Waals surface area contributed by atoms with E-state index in [0.717, 1.165) is 0 Å². The van der Waals surface area contributed by atoms with Crippen molar-refractivity contribution in [2.24, 2.45) is 0 Å². The smallest absolute Gasteiger partial charge is 0.247 e. The van der Waals surface area contributed by atoms with Crippen LogP contribution in [0.5, 0.6) is 0 Å². The Balaban J connectivity index is 2.23. The Labute approximate surface area is 227 Å². The zero-order chi connectivity index (χ0) is 26.1. The Kier molecular flexibility index (Phi) is 22.7. The fourth-order valence-corrected chi connectivity index (χ4v) is 5.98. The zero-order valence-electron chi connectivity index (χ0n) is 25.4. The van der Waals surface area contributed by atoms with E-state index in [4.69, 9.17) is 0 Å². The van der Waals surface area contributed by atoms with Crippen LogP contribution in [0.15, 0.2) is 12.4 Å². The molecule has 0 aromatic carbocycles. The van der Waals surface area contributed by atoms with Crippen LogP contribution < -0.4 is 4.57 Å². The van der Waals surface area contributed by atoms with Crippen molar-refractivity contribution in [2.45, 2.75) is 200 Å². The van der Waals surface area contributed by atoms with E-state index in [1.54, 1.807) is 0 Å². The summed E-state index contributed by atoms with van der Waals surface area (Å²) in [6.45, 7) is 9.33. The van der Waals surface area contributed by atoms with Crippen molar-refractivity contribution in [3.63, 3.8) is 0 Å². The Morgan fingerprint density at radius 3 is 1.31 bits per heavy atom. The number of nitrogens with one attached hydrogen (secondary N) is 1. The maximum atomic E-state index is 3.67. The lowest BCUT2D eigenvalue weighted by atomic mass is 9.93. The molecule has 1 aromatic heterocycles. The SMILES string of the molecule is CCCCCCCCCCCCCCCCCC(CCCCCCCC)c1[nH]cc[n+]1C(C)CCC. The van der Waals surface area contributed by atoms with Crippen LogP contribution in [-0.4, -0.2) is 4.98 Å². The predicted molar refractivity (Wildman–Crippen MR) is 161 cm³/mol. The Morgan fingerprint density at radius 2 is 0.917 bits per heavy atom. The van der Waals surface area contributed by atoms with Gasteiger partial charge in [-0.15, -0.1) is 0 Å². The molecule has 0 radical (unpaired) electrons. The van der Waals surface area contributed by atoms with Gasteiger partial charge >= 0.3 is 0 Å². The summed E-state index contributed by atoms with van der Waals surface area (Å²) in [7, 11) is 0. The topological polar surface area (TPSA) is 19.7 Å². The summed E-state index contributed by atoms with van der Waals surface area (Å²) < 4.78 is 2.57. The minimum absolute atomic E-state index is 0.615. The maximum Gasteiger partial charge on any atom is 0.257 e. The summed E-state index contributed by atoms with van der Waals surface area (Å²) in [6, 6.07) is 0.615. The van der Waals surface area contributed by atoms with Gasteiger partial charge in [0, 0.05) is 0 Å². The summed E-state index contributed by atoms with van der Waals surface area (Å²) in [5.74, 6) is 2.22. The van der Waals surface area contributed by atoms with Crippen molar-refractivity contribution >= 4 is 0 Å². The molecule has 0 aliphatic heterocycles. The van der Waals surface area contributed by atoms with Crippen LogP contribution in [0.25, 0.3) is 0 Å². The second-order valence-electron chi connectivity index (χ2n) is 11.9. The summed E-state index contributed by atoms with van der Waals surface area (Å²) in [6.07, 6.45) is 39.9. The van der Waals surface area contributed by atoms with Gasteiger partial charge in [0.25, 0.3) is 5.82 Å². The Hall–Kier alpha value is -0.790. The number of nitrogens with zero attached hydrogens (tertiary/aromatic N) is 1. The highest BCUT2D eigenvalue weighted by atomic mass is 15.1. The third kappa shape index (κ3) is 16.9. The molecule has 0 aliphatic carbocycles. The van der Waals surface area contributed by atoms with Gasteiger partial charge in [0.15, 0.2) is 0 Å². The summed E-state index contributed by atoms with van der Waals surface area (Å²) >= 11 is 0. The van der Waals surface area contributed by atoms with Crippen molar-refractivity contribution in [3.8, 4) is 0 Å². The maximum absolute atomic E-state index is 3.67. The van der Waals surface area contributed by atoms with Gasteiger partial charge in [0.1, 0.15) is 12.4 Å². The van der Waals surface area contributed by atoms with E-state index in [2.05, 4.69) is 49.6 Å². The molecule has 2 nitrogen and oxygen atoms in total. The number of aromatic amines is 1. The molecule has 1 heterocycles. The quantitative estimate of drug-likeness (QED) is 0.0909. The van der Waals surface area contributed by atoms with Gasteiger partial charge in [-0.3, -0.25) is 0 Å². The van der Waals surface area contributed by atoms with Crippen molar-refractivity contribution in [1.82, 2.24) is 4.98 Å². The largest absolute Gasteiger partial charge is 0.257 e. The van der Waals surface area contributed by atoms with Crippen molar-refractivity contribution in [3.05, 3.63) is 18.2 Å². The highest BCUT2D eigenvalue weighted by Gasteiger charge is 2.25. The van der Waals surface area contributed by atoms with Crippen molar-refractivity contribution in [2.75, 3.05) is 0 Å². The molecule has 0 fully saturated rings. The molecule has 36 heavy (non-hydrogen) atoms. The summed E-state index contributed by atoms with van der Waals surface area (Å²) in [4.78, 5) is 3.67. The highest BCUT2D eigenvalue weighted by molar-refractivity contribution is 4.90. The molecule has 1 aromatic rings. The number of aromatic nitrogens is 2. The van der Waals surface area contributed by atoms with E-state index in [1.165, 1.54) is 166 Å². The third-order valence-corrected chi connectivity index (χ3v) is 8.37. The molecular formula is C34H67N2+. The van der Waals surface area contributed by atoms with Crippen molar-refractivity contribution in [1.29, 1.82) is 0 Å². The third-order valence-electron chi connectivity index (χ3n) is 8.37. The first-order valence-corrected chi connectivity index (χ1v) is 16.8. The second kappa shape index (κ2) is 24.5. The van der Waals surface area contributed by atoms with Crippen LogP contribution in [0, 0.1) is 0 Å². The lowest BCUT2D eigenvalue weighted by Gasteiger charge is -2.17. The van der Waals surface area contributed by atoms with Crippen LogP contribution >= 0.6 is 0 Å². The van der Waals surface area contributed by atoms with Crippen LogP contribution in [0.2, 0.25) is 0 Å². The number of unbranched alkanes of at least 4 members (excludes halogenated alkanes) is 19. The Morgan fingerprint density at radius 1 is 0.528 bits per heavy atom. The molecule has 0 amide bonds. The molecule has 0 saturated heterocycles. The van der Waals surface area contributed by atoms with Gasteiger partial charge in [0.05, 0.1) is 12.0 Å². The predicted octanol–water partition coefficient (Wildman–Crippen LogP) is 11.8. The average molecular weight is 504 g/mol. The van der Waals surface area contributed by atoms with Gasteiger partial charge in [-0.25, -0.2) is 9.55 Å². The van der Waals surface area contributed by atoms with Crippen LogP contribution in [0.3, 0.4) is 0 Å². The van der Waals surface area contributed by atoms with E-state index >= 15 is 0 Å². The van der Waals surface area contributed by atoms with Crippen LogP contribution in [-0.2, 0) is 0 Å². The zero-order valence-corrected chi connectivity index (χ0v) is 25.4. The molecule has 2 heteroatoms. The van der Waals surface area contributed by atoms with E-state index in [-0.39, 0.29) is 0 Å². The van der Waals surface area contributed by atoms with Crippen LogP contribution in [0.1, 0.15) is 206 Å². The first kappa shape index (κ1) is 33.2. The molecule has 1 rings (SSSR count). The average Bonchev–Trinajstić information content (AvgIpc) is 3.37.